The molecule has 4 rings (SSSR count). The molecule has 7 heteroatoms. The van der Waals surface area contributed by atoms with Gasteiger partial charge in [0.25, 0.3) is 5.56 Å². The fraction of sp³-hybridized carbons (Fsp3) is 0.292. The van der Waals surface area contributed by atoms with E-state index in [1.54, 1.807) is 0 Å². The number of H-pyrrole nitrogens is 1. The lowest BCUT2D eigenvalue weighted by atomic mass is 10.1. The van der Waals surface area contributed by atoms with Gasteiger partial charge < -0.3 is 10.3 Å². The summed E-state index contributed by atoms with van der Waals surface area (Å²) >= 11 is 1.26. The van der Waals surface area contributed by atoms with E-state index < -0.39 is 0 Å². The Morgan fingerprint density at radius 3 is 2.81 bits per heavy atom. The molecule has 2 heterocycles. The first-order valence-electron chi connectivity index (χ1n) is 10.4. The molecular weight excluding hydrogens is 408 g/mol. The van der Waals surface area contributed by atoms with Crippen molar-refractivity contribution in [3.63, 3.8) is 0 Å². The highest BCUT2D eigenvalue weighted by Gasteiger charge is 2.21. The van der Waals surface area contributed by atoms with E-state index in [-0.39, 0.29) is 17.2 Å². The number of hydrogen-bond acceptors (Lipinski definition) is 5. The predicted molar refractivity (Wildman–Crippen MR) is 124 cm³/mol. The molecule has 2 N–H and O–H groups in total. The number of nitrogens with one attached hydrogen (secondary N) is 2. The molecule has 0 saturated carbocycles. The predicted octanol–water partition coefficient (Wildman–Crippen LogP) is 3.68. The van der Waals surface area contributed by atoms with Crippen molar-refractivity contribution >= 4 is 23.4 Å². The molecule has 1 aromatic heterocycles. The Morgan fingerprint density at radius 1 is 1.19 bits per heavy atom. The van der Waals surface area contributed by atoms with Crippen molar-refractivity contribution in [3.05, 3.63) is 86.8 Å². The van der Waals surface area contributed by atoms with Crippen molar-refractivity contribution in [1.82, 2.24) is 14.9 Å². The lowest BCUT2D eigenvalue weighted by molar-refractivity contribution is -0.113. The average molecular weight is 435 g/mol. The molecule has 31 heavy (non-hydrogen) atoms. The van der Waals surface area contributed by atoms with Crippen molar-refractivity contribution in [2.45, 2.75) is 38.5 Å². The van der Waals surface area contributed by atoms with Gasteiger partial charge in [0.2, 0.25) is 5.91 Å². The lowest BCUT2D eigenvalue weighted by Crippen LogP contribution is -2.35. The number of rotatable bonds is 6. The minimum absolute atomic E-state index is 0.111. The topological polar surface area (TPSA) is 78.1 Å². The molecule has 2 aromatic carbocycles. The van der Waals surface area contributed by atoms with Crippen LogP contribution in [-0.4, -0.2) is 33.1 Å². The number of aryl methyl sites for hydroxylation is 2. The second-order valence-electron chi connectivity index (χ2n) is 7.90. The van der Waals surface area contributed by atoms with Crippen LogP contribution < -0.4 is 10.9 Å². The van der Waals surface area contributed by atoms with E-state index in [9.17, 15) is 9.59 Å². The summed E-state index contributed by atoms with van der Waals surface area (Å²) in [4.78, 5) is 34.8. The number of nitrogens with zero attached hydrogens (tertiary/aromatic N) is 2. The highest BCUT2D eigenvalue weighted by Crippen LogP contribution is 2.21. The number of anilines is 1. The van der Waals surface area contributed by atoms with Crippen molar-refractivity contribution in [2.24, 2.45) is 0 Å². The molecular formula is C24H26N4O2S. The molecule has 0 saturated heterocycles. The summed E-state index contributed by atoms with van der Waals surface area (Å²) in [5, 5.41) is 3.44. The first-order valence-corrected chi connectivity index (χ1v) is 11.3. The molecule has 3 aromatic rings. The summed E-state index contributed by atoms with van der Waals surface area (Å²) in [6.07, 6.45) is 0.730. The van der Waals surface area contributed by atoms with Crippen LogP contribution in [0.15, 0.2) is 58.5 Å². The third kappa shape index (κ3) is 5.42. The molecule has 1 aliphatic rings. The zero-order valence-corrected chi connectivity index (χ0v) is 18.6. The Hall–Kier alpha value is -2.90. The van der Waals surface area contributed by atoms with E-state index in [0.717, 1.165) is 47.6 Å². The van der Waals surface area contributed by atoms with Crippen LogP contribution in [0.3, 0.4) is 0 Å². The van der Waals surface area contributed by atoms with Gasteiger partial charge in [-0.05, 0) is 36.6 Å². The highest BCUT2D eigenvalue weighted by atomic mass is 32.2. The van der Waals surface area contributed by atoms with Gasteiger partial charge in [-0.3, -0.25) is 14.5 Å². The monoisotopic (exact) mass is 434 g/mol. The maximum Gasteiger partial charge on any atom is 0.256 e. The van der Waals surface area contributed by atoms with Crippen LogP contribution in [0.4, 0.5) is 5.69 Å². The number of fused-ring (bicyclic) bond motifs is 1. The minimum Gasteiger partial charge on any atom is -0.325 e. The largest absolute Gasteiger partial charge is 0.325 e. The van der Waals surface area contributed by atoms with Gasteiger partial charge in [-0.25, -0.2) is 4.98 Å². The Balaban J connectivity index is 1.38. The second kappa shape index (κ2) is 9.49. The lowest BCUT2D eigenvalue weighted by Gasteiger charge is -2.27. The highest BCUT2D eigenvalue weighted by molar-refractivity contribution is 7.99. The summed E-state index contributed by atoms with van der Waals surface area (Å²) in [5.41, 5.74) is 5.62. The summed E-state index contributed by atoms with van der Waals surface area (Å²) in [6.45, 7) is 6.22. The third-order valence-electron chi connectivity index (χ3n) is 5.38. The standard InChI is InChI=1S/C24H26N4O2S/c1-16-8-9-17(2)21(12-16)25-22(29)15-31-24-26-20-10-11-28(14-19(20)23(30)27-24)13-18-6-4-3-5-7-18/h3-9,12H,10-11,13-15H2,1-2H3,(H,25,29)(H,26,27,30). The van der Waals surface area contributed by atoms with Crippen LogP contribution in [0.2, 0.25) is 0 Å². The van der Waals surface area contributed by atoms with Crippen molar-refractivity contribution in [1.29, 1.82) is 0 Å². The molecule has 0 fully saturated rings. The fourth-order valence-corrected chi connectivity index (χ4v) is 4.37. The van der Waals surface area contributed by atoms with Gasteiger partial charge in [0.05, 0.1) is 17.0 Å². The first-order chi connectivity index (χ1) is 15.0. The molecule has 0 bridgehead atoms. The maximum atomic E-state index is 12.7. The number of thioether (sulfide) groups is 1. The fourth-order valence-electron chi connectivity index (χ4n) is 3.69. The zero-order chi connectivity index (χ0) is 21.8. The van der Waals surface area contributed by atoms with E-state index in [2.05, 4.69) is 32.3 Å². The van der Waals surface area contributed by atoms with Crippen molar-refractivity contribution < 1.29 is 4.79 Å². The summed E-state index contributed by atoms with van der Waals surface area (Å²) in [6, 6.07) is 16.2. The van der Waals surface area contributed by atoms with Gasteiger partial charge in [0.15, 0.2) is 5.16 Å². The van der Waals surface area contributed by atoms with Crippen LogP contribution in [0.1, 0.15) is 27.9 Å². The van der Waals surface area contributed by atoms with Gasteiger partial charge in [0, 0.05) is 31.7 Å². The van der Waals surface area contributed by atoms with Gasteiger partial charge in [0.1, 0.15) is 0 Å². The Labute approximate surface area is 186 Å². The van der Waals surface area contributed by atoms with Gasteiger partial charge >= 0.3 is 0 Å². The summed E-state index contributed by atoms with van der Waals surface area (Å²) in [7, 11) is 0. The Morgan fingerprint density at radius 2 is 2.00 bits per heavy atom. The number of carbonyl (C=O) groups is 1. The van der Waals surface area contributed by atoms with Gasteiger partial charge in [-0.2, -0.15) is 0 Å². The number of aromatic amines is 1. The smallest absolute Gasteiger partial charge is 0.256 e. The number of aromatic nitrogens is 2. The number of amides is 1. The molecule has 0 unspecified atom stereocenters. The molecule has 0 radical (unpaired) electrons. The molecule has 0 spiro atoms. The molecule has 160 valence electrons. The SMILES string of the molecule is Cc1ccc(C)c(NC(=O)CSc2nc3c(c(=O)[nH]2)CN(Cc2ccccc2)CC3)c1. The number of hydrogen-bond donors (Lipinski definition) is 2. The van der Waals surface area contributed by atoms with Crippen LogP contribution in [0.25, 0.3) is 0 Å². The average Bonchev–Trinajstić information content (AvgIpc) is 2.76. The normalized spacial score (nSPS) is 13.6. The molecule has 0 aliphatic carbocycles. The van der Waals surface area contributed by atoms with E-state index in [1.165, 1.54) is 17.3 Å². The molecule has 6 nitrogen and oxygen atoms in total. The second-order valence-corrected chi connectivity index (χ2v) is 8.86. The van der Waals surface area contributed by atoms with E-state index in [4.69, 9.17) is 0 Å². The van der Waals surface area contributed by atoms with Crippen LogP contribution in [0, 0.1) is 13.8 Å². The number of carbonyl (C=O) groups excluding carboxylic acids is 1. The van der Waals surface area contributed by atoms with Crippen LogP contribution in [0.5, 0.6) is 0 Å². The van der Waals surface area contributed by atoms with Crippen LogP contribution >= 0.6 is 11.8 Å². The van der Waals surface area contributed by atoms with Crippen molar-refractivity contribution in [3.8, 4) is 0 Å². The molecule has 1 aliphatic heterocycles. The first kappa shape index (κ1) is 21.3. The Kier molecular flexibility index (Phi) is 6.53. The van der Waals surface area contributed by atoms with Crippen molar-refractivity contribution in [2.75, 3.05) is 17.6 Å². The van der Waals surface area contributed by atoms with E-state index in [0.29, 0.717) is 11.7 Å². The zero-order valence-electron chi connectivity index (χ0n) is 17.8. The van der Waals surface area contributed by atoms with E-state index in [1.807, 2.05) is 50.2 Å². The van der Waals surface area contributed by atoms with Crippen LogP contribution in [-0.2, 0) is 24.3 Å². The summed E-state index contributed by atoms with van der Waals surface area (Å²) in [5.74, 6) is 0.0722. The summed E-state index contributed by atoms with van der Waals surface area (Å²) < 4.78 is 0. The minimum atomic E-state index is -0.117. The van der Waals surface area contributed by atoms with Gasteiger partial charge in [-0.1, -0.05) is 54.2 Å². The maximum absolute atomic E-state index is 12.7. The molecule has 0 atom stereocenters. The number of benzene rings is 2. The molecule has 1 amide bonds. The van der Waals surface area contributed by atoms with E-state index >= 15 is 0 Å². The third-order valence-corrected chi connectivity index (χ3v) is 6.26. The quantitative estimate of drug-likeness (QED) is 0.457. The van der Waals surface area contributed by atoms with Gasteiger partial charge in [-0.15, -0.1) is 0 Å². The Bertz CT molecular complexity index is 1140.